The first-order valence-electron chi connectivity index (χ1n) is 8.99. The standard InChI is InChI=1S/C20H24FNO5S/c1-2-27-20(24)12-11-19(23)16-5-3-15(4-6-16)13-14-22-28(25,26)18-9-7-17(21)8-10-18/h3-10,19,22-23H,2,11-14H2,1H3. The Hall–Kier alpha value is -2.29. The number of sulfonamides is 1. The molecule has 2 N–H and O–H groups in total. The number of hydrogen-bond acceptors (Lipinski definition) is 5. The highest BCUT2D eigenvalue weighted by molar-refractivity contribution is 7.89. The van der Waals surface area contributed by atoms with E-state index in [2.05, 4.69) is 4.72 Å². The lowest BCUT2D eigenvalue weighted by atomic mass is 10.0. The number of aliphatic hydroxyl groups excluding tert-OH is 1. The van der Waals surface area contributed by atoms with Crippen LogP contribution in [0.25, 0.3) is 0 Å². The molecule has 0 bridgehead atoms. The molecule has 1 atom stereocenters. The van der Waals surface area contributed by atoms with E-state index in [1.54, 1.807) is 31.2 Å². The molecular formula is C20H24FNO5S. The zero-order valence-electron chi connectivity index (χ0n) is 15.6. The molecule has 8 heteroatoms. The average Bonchev–Trinajstić information content (AvgIpc) is 2.67. The van der Waals surface area contributed by atoms with Crippen LogP contribution in [0.15, 0.2) is 53.4 Å². The Balaban J connectivity index is 1.83. The van der Waals surface area contributed by atoms with Gasteiger partial charge in [0, 0.05) is 13.0 Å². The molecule has 0 fully saturated rings. The summed E-state index contributed by atoms with van der Waals surface area (Å²) in [5.74, 6) is -0.838. The topological polar surface area (TPSA) is 92.7 Å². The Bertz CT molecular complexity index is 866. The van der Waals surface area contributed by atoms with Crippen LogP contribution >= 0.6 is 0 Å². The Kier molecular flexibility index (Phi) is 8.10. The lowest BCUT2D eigenvalue weighted by Crippen LogP contribution is -2.26. The van der Waals surface area contributed by atoms with Gasteiger partial charge in [0.15, 0.2) is 0 Å². The summed E-state index contributed by atoms with van der Waals surface area (Å²) in [6.45, 7) is 2.23. The van der Waals surface area contributed by atoms with Gasteiger partial charge in [0.2, 0.25) is 10.0 Å². The molecule has 0 saturated carbocycles. The fourth-order valence-electron chi connectivity index (χ4n) is 2.59. The quantitative estimate of drug-likeness (QED) is 0.589. The van der Waals surface area contributed by atoms with E-state index in [0.29, 0.717) is 18.6 Å². The third-order valence-electron chi connectivity index (χ3n) is 4.12. The first-order valence-corrected chi connectivity index (χ1v) is 10.5. The van der Waals surface area contributed by atoms with Crippen LogP contribution in [0.4, 0.5) is 4.39 Å². The predicted molar refractivity (Wildman–Crippen MR) is 103 cm³/mol. The van der Waals surface area contributed by atoms with Crippen molar-refractivity contribution in [3.05, 3.63) is 65.5 Å². The minimum atomic E-state index is -3.69. The highest BCUT2D eigenvalue weighted by Crippen LogP contribution is 2.19. The van der Waals surface area contributed by atoms with Crippen molar-refractivity contribution in [1.82, 2.24) is 4.72 Å². The van der Waals surface area contributed by atoms with Crippen LogP contribution in [0.1, 0.15) is 37.0 Å². The number of esters is 1. The minimum Gasteiger partial charge on any atom is -0.466 e. The van der Waals surface area contributed by atoms with Gasteiger partial charge in [0.1, 0.15) is 5.82 Å². The van der Waals surface area contributed by atoms with Crippen molar-refractivity contribution in [2.75, 3.05) is 13.2 Å². The second kappa shape index (κ2) is 10.3. The molecule has 28 heavy (non-hydrogen) atoms. The van der Waals surface area contributed by atoms with Gasteiger partial charge in [0.25, 0.3) is 0 Å². The zero-order chi connectivity index (χ0) is 20.6. The van der Waals surface area contributed by atoms with Crippen molar-refractivity contribution in [2.24, 2.45) is 0 Å². The van der Waals surface area contributed by atoms with E-state index >= 15 is 0 Å². The summed E-state index contributed by atoms with van der Waals surface area (Å²) in [7, 11) is -3.69. The van der Waals surface area contributed by atoms with Gasteiger partial charge >= 0.3 is 5.97 Å². The largest absolute Gasteiger partial charge is 0.466 e. The van der Waals surface area contributed by atoms with Crippen molar-refractivity contribution in [1.29, 1.82) is 0 Å². The fourth-order valence-corrected chi connectivity index (χ4v) is 3.62. The molecule has 2 rings (SSSR count). The van der Waals surface area contributed by atoms with Gasteiger partial charge in [-0.3, -0.25) is 4.79 Å². The van der Waals surface area contributed by atoms with E-state index in [1.165, 1.54) is 12.1 Å². The molecule has 0 spiro atoms. The van der Waals surface area contributed by atoms with Crippen molar-refractivity contribution in [3.63, 3.8) is 0 Å². The molecule has 0 aliphatic rings. The first-order chi connectivity index (χ1) is 13.3. The molecule has 1 unspecified atom stereocenters. The molecule has 0 radical (unpaired) electrons. The van der Waals surface area contributed by atoms with Crippen molar-refractivity contribution in [3.8, 4) is 0 Å². The number of halogens is 1. The van der Waals surface area contributed by atoms with Crippen LogP contribution < -0.4 is 4.72 Å². The average molecular weight is 409 g/mol. The predicted octanol–water partition coefficient (Wildman–Crippen LogP) is 2.72. The monoisotopic (exact) mass is 409 g/mol. The van der Waals surface area contributed by atoms with Crippen molar-refractivity contribution in [2.45, 2.75) is 37.2 Å². The van der Waals surface area contributed by atoms with E-state index in [1.807, 2.05) is 0 Å². The summed E-state index contributed by atoms with van der Waals surface area (Å²) in [6, 6.07) is 11.7. The lowest BCUT2D eigenvalue weighted by Gasteiger charge is -2.12. The zero-order valence-corrected chi connectivity index (χ0v) is 16.4. The highest BCUT2D eigenvalue weighted by Gasteiger charge is 2.14. The summed E-state index contributed by atoms with van der Waals surface area (Å²) >= 11 is 0. The van der Waals surface area contributed by atoms with E-state index in [-0.39, 0.29) is 30.3 Å². The third kappa shape index (κ3) is 6.70. The number of carbonyl (C=O) groups excluding carboxylic acids is 1. The molecule has 2 aromatic rings. The number of aliphatic hydroxyl groups is 1. The number of hydrogen-bond donors (Lipinski definition) is 2. The maximum atomic E-state index is 12.9. The smallest absolute Gasteiger partial charge is 0.305 e. The van der Waals surface area contributed by atoms with Gasteiger partial charge in [-0.05, 0) is 55.2 Å². The summed E-state index contributed by atoms with van der Waals surface area (Å²) in [5, 5.41) is 10.1. The van der Waals surface area contributed by atoms with E-state index in [0.717, 1.165) is 17.7 Å². The first kappa shape index (κ1) is 22.0. The van der Waals surface area contributed by atoms with Gasteiger partial charge in [0.05, 0.1) is 17.6 Å². The Morgan fingerprint density at radius 2 is 1.79 bits per heavy atom. The molecule has 0 heterocycles. The van der Waals surface area contributed by atoms with E-state index in [4.69, 9.17) is 4.74 Å². The second-order valence-corrected chi connectivity index (χ2v) is 7.97. The van der Waals surface area contributed by atoms with Gasteiger partial charge in [-0.2, -0.15) is 0 Å². The van der Waals surface area contributed by atoms with Crippen LogP contribution in [0.5, 0.6) is 0 Å². The third-order valence-corrected chi connectivity index (χ3v) is 5.60. The maximum absolute atomic E-state index is 12.9. The maximum Gasteiger partial charge on any atom is 0.305 e. The van der Waals surface area contributed by atoms with Crippen molar-refractivity contribution < 1.29 is 27.4 Å². The Morgan fingerprint density at radius 1 is 1.14 bits per heavy atom. The Morgan fingerprint density at radius 3 is 2.39 bits per heavy atom. The number of ether oxygens (including phenoxy) is 1. The van der Waals surface area contributed by atoms with Crippen LogP contribution in [-0.4, -0.2) is 32.6 Å². The molecular weight excluding hydrogens is 385 g/mol. The number of nitrogens with one attached hydrogen (secondary N) is 1. The van der Waals surface area contributed by atoms with Crippen molar-refractivity contribution >= 4 is 16.0 Å². The SMILES string of the molecule is CCOC(=O)CCC(O)c1ccc(CCNS(=O)(=O)c2ccc(F)cc2)cc1. The van der Waals surface area contributed by atoms with E-state index in [9.17, 15) is 22.7 Å². The molecule has 6 nitrogen and oxygen atoms in total. The minimum absolute atomic E-state index is 0.00831. The lowest BCUT2D eigenvalue weighted by molar-refractivity contribution is -0.143. The summed E-state index contributed by atoms with van der Waals surface area (Å²) in [6.07, 6.45) is 0.104. The van der Waals surface area contributed by atoms with Gasteiger partial charge in [-0.1, -0.05) is 24.3 Å². The van der Waals surface area contributed by atoms with Crippen LogP contribution in [0, 0.1) is 5.82 Å². The normalized spacial score (nSPS) is 12.5. The van der Waals surface area contributed by atoms with Gasteiger partial charge in [-0.25, -0.2) is 17.5 Å². The van der Waals surface area contributed by atoms with Gasteiger partial charge < -0.3 is 9.84 Å². The molecule has 152 valence electrons. The fraction of sp³-hybridized carbons (Fsp3) is 0.350. The molecule has 0 aromatic heterocycles. The summed E-state index contributed by atoms with van der Waals surface area (Å²) in [4.78, 5) is 11.4. The van der Waals surface area contributed by atoms with Gasteiger partial charge in [-0.15, -0.1) is 0 Å². The summed E-state index contributed by atoms with van der Waals surface area (Å²) in [5.41, 5.74) is 1.57. The second-order valence-electron chi connectivity index (χ2n) is 6.20. The van der Waals surface area contributed by atoms with Crippen LogP contribution in [0.2, 0.25) is 0 Å². The van der Waals surface area contributed by atoms with Crippen LogP contribution in [-0.2, 0) is 26.0 Å². The summed E-state index contributed by atoms with van der Waals surface area (Å²) < 4.78 is 44.5. The molecule has 2 aromatic carbocycles. The molecule has 0 aliphatic heterocycles. The van der Waals surface area contributed by atoms with E-state index < -0.39 is 21.9 Å². The Labute approximate surface area is 164 Å². The number of rotatable bonds is 10. The molecule has 0 saturated heterocycles. The molecule has 0 aliphatic carbocycles. The number of carbonyl (C=O) groups is 1. The number of benzene rings is 2. The highest BCUT2D eigenvalue weighted by atomic mass is 32.2. The van der Waals surface area contributed by atoms with Crippen LogP contribution in [0.3, 0.4) is 0 Å². The molecule has 0 amide bonds.